The molecule has 3 heterocycles. The Hall–Kier alpha value is -1.35. The van der Waals surface area contributed by atoms with Crippen LogP contribution in [-0.4, -0.2) is 157 Å². The molecule has 9 N–H and O–H groups in total. The van der Waals surface area contributed by atoms with Gasteiger partial charge in [-0.05, 0) is 116 Å². The Labute approximate surface area is 371 Å². The van der Waals surface area contributed by atoms with Crippen LogP contribution < -0.4 is 0 Å². The van der Waals surface area contributed by atoms with Gasteiger partial charge < -0.3 is 74.4 Å². The summed E-state index contributed by atoms with van der Waals surface area (Å²) in [6.07, 6.45) is -10.3. The van der Waals surface area contributed by atoms with Gasteiger partial charge in [-0.2, -0.15) is 0 Å². The highest BCUT2D eigenvalue weighted by atomic mass is 16.8. The van der Waals surface area contributed by atoms with Gasteiger partial charge in [0.25, 0.3) is 0 Å². The summed E-state index contributed by atoms with van der Waals surface area (Å²) < 4.78 is 36.3. The zero-order valence-electron chi connectivity index (χ0n) is 38.3. The number of carboxylic acids is 1. The monoisotopic (exact) mass is 897 g/mol. The Morgan fingerprint density at radius 1 is 0.714 bits per heavy atom. The van der Waals surface area contributed by atoms with Gasteiger partial charge in [0.05, 0.1) is 30.8 Å². The quantitative estimate of drug-likeness (QED) is 0.125. The Bertz CT molecular complexity index is 1720. The van der Waals surface area contributed by atoms with Crippen LogP contribution in [0.3, 0.4) is 0 Å². The number of aliphatic hydroxyl groups excluding tert-OH is 8. The summed E-state index contributed by atoms with van der Waals surface area (Å²) in [5.74, 6) is 0.0213. The molecule has 0 aromatic heterocycles. The Morgan fingerprint density at radius 2 is 1.38 bits per heavy atom. The van der Waals surface area contributed by atoms with E-state index in [-0.39, 0.29) is 51.6 Å². The Kier molecular flexibility index (Phi) is 12.8. The maximum atomic E-state index is 13.1. The van der Waals surface area contributed by atoms with Crippen LogP contribution in [0.2, 0.25) is 0 Å². The standard InChI is InChI=1S/C47H76O16/c1-22-30(50)36(62-38-34(54)33(53)32(52)26(20-48)60-38)35(55)39(59-22)63-37-31(51)25(49)21-58-40(37)61-29-12-13-44(6)27(43(29,4)5)11-14-46(8)28(44)10-9-23-24-19-42(2,3)15-17-47(24,41(56)57)18-16-45(23,46)7/h9,22,24-40,48-55H,10-21H2,1-8H3,(H,56,57)/t22-,24+,25-,26-,27+,28-,29-,30-,31+,32-,33+,34-,35-,36+,37-,38+,39+,40+,44-,45-,46+,47-/m1/s1. The summed E-state index contributed by atoms with van der Waals surface area (Å²) in [4.78, 5) is 13.1. The number of rotatable bonds is 8. The van der Waals surface area contributed by atoms with Crippen LogP contribution in [-0.2, 0) is 33.2 Å². The molecule has 3 saturated heterocycles. The lowest BCUT2D eigenvalue weighted by atomic mass is 9.33. The molecular weight excluding hydrogens is 821 g/mol. The second-order valence-corrected chi connectivity index (χ2v) is 23.0. The van der Waals surface area contributed by atoms with Crippen molar-refractivity contribution in [2.45, 2.75) is 212 Å². The fourth-order valence-electron chi connectivity index (χ4n) is 14.8. The van der Waals surface area contributed by atoms with Gasteiger partial charge in [0.1, 0.15) is 61.0 Å². The Balaban J connectivity index is 0.999. The van der Waals surface area contributed by atoms with E-state index >= 15 is 0 Å². The summed E-state index contributed by atoms with van der Waals surface area (Å²) >= 11 is 0. The number of fused-ring (bicyclic) bond motifs is 7. The third-order valence-corrected chi connectivity index (χ3v) is 18.9. The molecule has 63 heavy (non-hydrogen) atoms. The van der Waals surface area contributed by atoms with E-state index in [9.17, 15) is 50.8 Å². The summed E-state index contributed by atoms with van der Waals surface area (Å²) in [5.41, 5.74) is 0.208. The molecule has 0 amide bonds. The average Bonchev–Trinajstić information content (AvgIpc) is 3.21. The maximum Gasteiger partial charge on any atom is 0.310 e. The minimum Gasteiger partial charge on any atom is -0.481 e. The van der Waals surface area contributed by atoms with Crippen molar-refractivity contribution in [3.8, 4) is 0 Å². The predicted molar refractivity (Wildman–Crippen MR) is 223 cm³/mol. The summed E-state index contributed by atoms with van der Waals surface area (Å²) in [6.45, 7) is 17.0. The maximum absolute atomic E-state index is 13.1. The molecule has 0 unspecified atom stereocenters. The highest BCUT2D eigenvalue weighted by Crippen LogP contribution is 2.76. The molecule has 5 aliphatic carbocycles. The second kappa shape index (κ2) is 16.7. The molecule has 0 radical (unpaired) electrons. The van der Waals surface area contributed by atoms with Gasteiger partial charge in [-0.25, -0.2) is 0 Å². The molecule has 4 saturated carbocycles. The summed E-state index contributed by atoms with van der Waals surface area (Å²) in [5, 5.41) is 96.4. The number of aliphatic hydroxyl groups is 8. The molecule has 16 nitrogen and oxygen atoms in total. The van der Waals surface area contributed by atoms with Crippen LogP contribution in [0.1, 0.15) is 120 Å². The van der Waals surface area contributed by atoms with Gasteiger partial charge in [0, 0.05) is 0 Å². The van der Waals surface area contributed by atoms with Crippen molar-refractivity contribution in [3.05, 3.63) is 11.6 Å². The smallest absolute Gasteiger partial charge is 0.310 e. The van der Waals surface area contributed by atoms with Crippen molar-refractivity contribution >= 4 is 5.97 Å². The molecule has 3 aliphatic heterocycles. The van der Waals surface area contributed by atoms with E-state index in [0.717, 1.165) is 51.4 Å². The van der Waals surface area contributed by atoms with Gasteiger partial charge in [-0.15, -0.1) is 0 Å². The number of aliphatic carboxylic acids is 1. The van der Waals surface area contributed by atoms with E-state index in [1.807, 2.05) is 0 Å². The number of allylic oxidation sites excluding steroid dienone is 2. The SMILES string of the molecule is C[C@H]1O[C@@H](O[C@H]2[C@H](O[C@@H]3CC[C@@]4(C)[C@H]5CC=C6[C@@H]7CC(C)(C)CC[C@@]7(C(=O)O)CC[C@@]6(C)[C@@]5(C)CC[C@H]4C3(C)C)OC[C@@H](O)[C@@H]2O)[C@H](O)[C@@H](O[C@@H]2O[C@H](CO)[C@@H](O)[C@H](O)[C@H]2O)[C@@H]1O. The van der Waals surface area contributed by atoms with Crippen molar-refractivity contribution < 1.29 is 79.2 Å². The van der Waals surface area contributed by atoms with Gasteiger partial charge in [0.15, 0.2) is 18.9 Å². The van der Waals surface area contributed by atoms with Crippen LogP contribution >= 0.6 is 0 Å². The van der Waals surface area contributed by atoms with Crippen molar-refractivity contribution in [3.63, 3.8) is 0 Å². The van der Waals surface area contributed by atoms with Crippen LogP contribution in [0, 0.1) is 50.2 Å². The van der Waals surface area contributed by atoms with Crippen LogP contribution in [0.5, 0.6) is 0 Å². The molecule has 7 fully saturated rings. The molecule has 16 heteroatoms. The first-order valence-electron chi connectivity index (χ1n) is 23.6. The zero-order valence-corrected chi connectivity index (χ0v) is 38.3. The van der Waals surface area contributed by atoms with E-state index in [1.54, 1.807) is 0 Å². The third-order valence-electron chi connectivity index (χ3n) is 18.9. The van der Waals surface area contributed by atoms with Crippen molar-refractivity contribution in [2.75, 3.05) is 13.2 Å². The number of carbonyl (C=O) groups is 1. The largest absolute Gasteiger partial charge is 0.481 e. The molecule has 22 atom stereocenters. The summed E-state index contributed by atoms with van der Waals surface area (Å²) in [7, 11) is 0. The molecular formula is C47H76O16. The molecule has 0 spiro atoms. The van der Waals surface area contributed by atoms with Gasteiger partial charge in [-0.3, -0.25) is 4.79 Å². The minimum atomic E-state index is -1.80. The van der Waals surface area contributed by atoms with E-state index < -0.39 is 104 Å². The highest BCUT2D eigenvalue weighted by molar-refractivity contribution is 5.76. The van der Waals surface area contributed by atoms with Crippen molar-refractivity contribution in [1.82, 2.24) is 0 Å². The number of hydrogen-bond donors (Lipinski definition) is 9. The predicted octanol–water partition coefficient (Wildman–Crippen LogP) is 2.37. The summed E-state index contributed by atoms with van der Waals surface area (Å²) in [6, 6.07) is 0. The molecule has 0 bridgehead atoms. The van der Waals surface area contributed by atoms with E-state index in [1.165, 1.54) is 12.5 Å². The first-order chi connectivity index (χ1) is 29.4. The van der Waals surface area contributed by atoms with Crippen LogP contribution in [0.4, 0.5) is 0 Å². The highest BCUT2D eigenvalue weighted by Gasteiger charge is 2.70. The number of carboxylic acid groups (broad SMARTS) is 1. The molecule has 360 valence electrons. The van der Waals surface area contributed by atoms with Crippen LogP contribution in [0.15, 0.2) is 11.6 Å². The van der Waals surface area contributed by atoms with Gasteiger partial charge >= 0.3 is 5.97 Å². The molecule has 0 aromatic rings. The normalized spacial score (nSPS) is 54.1. The van der Waals surface area contributed by atoms with Gasteiger partial charge in [0.2, 0.25) is 0 Å². The lowest BCUT2D eigenvalue weighted by Crippen LogP contribution is -2.66. The minimum absolute atomic E-state index is 0.0278. The molecule has 0 aromatic carbocycles. The van der Waals surface area contributed by atoms with E-state index in [4.69, 9.17) is 28.4 Å². The second-order valence-electron chi connectivity index (χ2n) is 23.0. The van der Waals surface area contributed by atoms with E-state index in [0.29, 0.717) is 18.8 Å². The fraction of sp³-hybridized carbons (Fsp3) is 0.936. The van der Waals surface area contributed by atoms with E-state index in [2.05, 4.69) is 54.5 Å². The molecule has 8 aliphatic rings. The lowest BCUT2D eigenvalue weighted by molar-refractivity contribution is -0.382. The van der Waals surface area contributed by atoms with Crippen molar-refractivity contribution in [1.29, 1.82) is 0 Å². The first kappa shape index (κ1) is 48.1. The zero-order chi connectivity index (χ0) is 46.0. The van der Waals surface area contributed by atoms with Crippen LogP contribution in [0.25, 0.3) is 0 Å². The number of hydrogen-bond acceptors (Lipinski definition) is 15. The number of ether oxygens (including phenoxy) is 6. The topological polar surface area (TPSA) is 255 Å². The fourth-order valence-corrected chi connectivity index (χ4v) is 14.8. The average molecular weight is 897 g/mol. The third kappa shape index (κ3) is 7.51. The van der Waals surface area contributed by atoms with Crippen molar-refractivity contribution in [2.24, 2.45) is 50.2 Å². The Morgan fingerprint density at radius 3 is 2.06 bits per heavy atom. The first-order valence-corrected chi connectivity index (χ1v) is 23.6. The lowest BCUT2D eigenvalue weighted by Gasteiger charge is -2.71. The molecule has 8 rings (SSSR count). The van der Waals surface area contributed by atoms with Gasteiger partial charge in [-0.1, -0.05) is 60.1 Å².